The van der Waals surface area contributed by atoms with Gasteiger partial charge in [0, 0.05) is 7.11 Å². The molecule has 2 rings (SSSR count). The van der Waals surface area contributed by atoms with Gasteiger partial charge in [0.05, 0.1) is 17.5 Å². The Balaban J connectivity index is 2.28. The predicted octanol–water partition coefficient (Wildman–Crippen LogP) is -1.09. The van der Waals surface area contributed by atoms with Gasteiger partial charge in [-0.15, -0.1) is 0 Å². The summed E-state index contributed by atoms with van der Waals surface area (Å²) in [6.45, 7) is -0.823. The van der Waals surface area contributed by atoms with E-state index in [9.17, 15) is 19.2 Å². The molecule has 1 aromatic carbocycles. The van der Waals surface area contributed by atoms with Crippen molar-refractivity contribution < 1.29 is 19.4 Å². The molecule has 0 aliphatic rings. The van der Waals surface area contributed by atoms with E-state index in [0.717, 1.165) is 0 Å². The number of benzene rings is 1. The van der Waals surface area contributed by atoms with E-state index in [4.69, 9.17) is 5.11 Å². The SMILES string of the molecule is COCC(NC(=O)Cn1c(=O)[nH]c2ccccc2c1=O)C(=O)O. The van der Waals surface area contributed by atoms with Gasteiger partial charge in [0.15, 0.2) is 6.04 Å². The van der Waals surface area contributed by atoms with Crippen LogP contribution in [0.25, 0.3) is 10.9 Å². The number of aromatic amines is 1. The van der Waals surface area contributed by atoms with Gasteiger partial charge in [-0.3, -0.25) is 14.2 Å². The largest absolute Gasteiger partial charge is 0.480 e. The summed E-state index contributed by atoms with van der Waals surface area (Å²) in [6.07, 6.45) is 0. The molecule has 122 valence electrons. The normalized spacial score (nSPS) is 12.0. The first-order chi connectivity index (χ1) is 10.9. The Morgan fingerprint density at radius 2 is 2.04 bits per heavy atom. The minimum atomic E-state index is -1.28. The third-order valence-electron chi connectivity index (χ3n) is 3.16. The predicted molar refractivity (Wildman–Crippen MR) is 80.3 cm³/mol. The van der Waals surface area contributed by atoms with E-state index >= 15 is 0 Å². The Bertz CT molecular complexity index is 853. The van der Waals surface area contributed by atoms with E-state index in [1.165, 1.54) is 13.2 Å². The number of carboxylic acid groups (broad SMARTS) is 1. The molecule has 9 heteroatoms. The first kappa shape index (κ1) is 16.4. The molecule has 1 aromatic heterocycles. The van der Waals surface area contributed by atoms with Gasteiger partial charge >= 0.3 is 11.7 Å². The number of nitrogens with one attached hydrogen (secondary N) is 2. The zero-order valence-electron chi connectivity index (χ0n) is 12.2. The van der Waals surface area contributed by atoms with Crippen LogP contribution in [0.1, 0.15) is 0 Å². The Labute approximate surface area is 129 Å². The summed E-state index contributed by atoms with van der Waals surface area (Å²) < 4.78 is 5.40. The van der Waals surface area contributed by atoms with Gasteiger partial charge in [-0.25, -0.2) is 9.59 Å². The quantitative estimate of drug-likeness (QED) is 0.619. The van der Waals surface area contributed by atoms with E-state index in [1.54, 1.807) is 18.2 Å². The highest BCUT2D eigenvalue weighted by molar-refractivity contribution is 5.84. The summed E-state index contributed by atoms with van der Waals surface area (Å²) in [7, 11) is 1.29. The fraction of sp³-hybridized carbons (Fsp3) is 0.286. The van der Waals surface area contributed by atoms with Crippen molar-refractivity contribution in [2.45, 2.75) is 12.6 Å². The van der Waals surface area contributed by atoms with E-state index in [-0.39, 0.29) is 12.0 Å². The van der Waals surface area contributed by atoms with Gasteiger partial charge in [0.2, 0.25) is 5.91 Å². The molecular weight excluding hydrogens is 306 g/mol. The highest BCUT2D eigenvalue weighted by atomic mass is 16.5. The van der Waals surface area contributed by atoms with Crippen LogP contribution >= 0.6 is 0 Å². The summed E-state index contributed by atoms with van der Waals surface area (Å²) in [4.78, 5) is 49.5. The number of rotatable bonds is 6. The van der Waals surface area contributed by atoms with Gasteiger partial charge in [-0.05, 0) is 12.1 Å². The van der Waals surface area contributed by atoms with Crippen molar-refractivity contribution in [2.75, 3.05) is 13.7 Å². The number of fused-ring (bicyclic) bond motifs is 1. The van der Waals surface area contributed by atoms with Crippen molar-refractivity contribution in [1.29, 1.82) is 0 Å². The molecule has 0 fully saturated rings. The van der Waals surface area contributed by atoms with Crippen LogP contribution in [0.4, 0.5) is 0 Å². The van der Waals surface area contributed by atoms with Crippen LogP contribution in [0.5, 0.6) is 0 Å². The van der Waals surface area contributed by atoms with Gasteiger partial charge in [0.1, 0.15) is 6.54 Å². The molecule has 1 atom stereocenters. The molecule has 0 spiro atoms. The fourth-order valence-electron chi connectivity index (χ4n) is 2.07. The zero-order valence-corrected chi connectivity index (χ0v) is 12.2. The molecule has 9 nitrogen and oxygen atoms in total. The zero-order chi connectivity index (χ0) is 17.0. The van der Waals surface area contributed by atoms with Gasteiger partial charge < -0.3 is 20.1 Å². The lowest BCUT2D eigenvalue weighted by Crippen LogP contribution is -2.47. The number of H-pyrrole nitrogens is 1. The third kappa shape index (κ3) is 3.64. The first-order valence-electron chi connectivity index (χ1n) is 6.67. The second-order valence-electron chi connectivity index (χ2n) is 4.78. The van der Waals surface area contributed by atoms with Crippen molar-refractivity contribution in [2.24, 2.45) is 0 Å². The Kier molecular flexibility index (Phi) is 4.91. The molecule has 0 radical (unpaired) electrons. The van der Waals surface area contributed by atoms with Gasteiger partial charge in [-0.2, -0.15) is 0 Å². The average molecular weight is 321 g/mol. The number of methoxy groups -OCH3 is 1. The van der Waals surface area contributed by atoms with Crippen molar-refractivity contribution in [1.82, 2.24) is 14.9 Å². The highest BCUT2D eigenvalue weighted by Gasteiger charge is 2.20. The fourth-order valence-corrected chi connectivity index (χ4v) is 2.07. The summed E-state index contributed by atoms with van der Waals surface area (Å²) in [5.74, 6) is -2.06. The number of carbonyl (C=O) groups excluding carboxylic acids is 1. The van der Waals surface area contributed by atoms with Crippen molar-refractivity contribution in [3.8, 4) is 0 Å². The maximum atomic E-state index is 12.3. The second kappa shape index (κ2) is 6.88. The number of aromatic nitrogens is 2. The molecule has 3 N–H and O–H groups in total. The molecule has 1 amide bonds. The van der Waals surface area contributed by atoms with Gasteiger partial charge in [-0.1, -0.05) is 12.1 Å². The molecule has 2 aromatic rings. The number of carbonyl (C=O) groups is 2. The monoisotopic (exact) mass is 321 g/mol. The molecule has 0 bridgehead atoms. The maximum Gasteiger partial charge on any atom is 0.329 e. The smallest absolute Gasteiger partial charge is 0.329 e. The van der Waals surface area contributed by atoms with Crippen LogP contribution in [-0.2, 0) is 20.9 Å². The standard InChI is InChI=1S/C14H15N3O6/c1-23-7-10(13(20)21)15-11(18)6-17-12(19)8-4-2-3-5-9(8)16-14(17)22/h2-5,10H,6-7H2,1H3,(H,15,18)(H,16,22)(H,20,21). The van der Waals surface area contributed by atoms with E-state index in [2.05, 4.69) is 15.0 Å². The molecule has 0 aliphatic heterocycles. The van der Waals surface area contributed by atoms with Crippen LogP contribution in [-0.4, -0.2) is 46.3 Å². The number of nitrogens with zero attached hydrogens (tertiary/aromatic N) is 1. The number of para-hydroxylation sites is 1. The Morgan fingerprint density at radius 3 is 2.70 bits per heavy atom. The molecule has 0 saturated heterocycles. The van der Waals surface area contributed by atoms with Crippen molar-refractivity contribution in [3.05, 3.63) is 45.1 Å². The minimum absolute atomic E-state index is 0.232. The molecule has 1 heterocycles. The number of hydrogen-bond donors (Lipinski definition) is 3. The summed E-state index contributed by atoms with van der Waals surface area (Å²) in [6, 6.07) is 5.12. The van der Waals surface area contributed by atoms with Crippen LogP contribution in [0.2, 0.25) is 0 Å². The van der Waals surface area contributed by atoms with Crippen LogP contribution < -0.4 is 16.6 Å². The van der Waals surface area contributed by atoms with E-state index in [0.29, 0.717) is 10.1 Å². The van der Waals surface area contributed by atoms with Gasteiger partial charge in [0.25, 0.3) is 5.56 Å². The second-order valence-corrected chi connectivity index (χ2v) is 4.78. The number of ether oxygens (including phenoxy) is 1. The molecule has 1 unspecified atom stereocenters. The Hall–Kier alpha value is -2.94. The topological polar surface area (TPSA) is 130 Å². The summed E-state index contributed by atoms with van der Waals surface area (Å²) >= 11 is 0. The highest BCUT2D eigenvalue weighted by Crippen LogP contribution is 2.02. The maximum absolute atomic E-state index is 12.3. The molecular formula is C14H15N3O6. The van der Waals surface area contributed by atoms with Crippen molar-refractivity contribution in [3.63, 3.8) is 0 Å². The lowest BCUT2D eigenvalue weighted by molar-refractivity contribution is -0.143. The van der Waals surface area contributed by atoms with Crippen LogP contribution in [0.15, 0.2) is 33.9 Å². The summed E-state index contributed by atoms with van der Waals surface area (Å²) in [5, 5.41) is 11.4. The summed E-state index contributed by atoms with van der Waals surface area (Å²) in [5.41, 5.74) is -1.01. The number of carboxylic acids is 1. The van der Waals surface area contributed by atoms with Crippen LogP contribution in [0, 0.1) is 0 Å². The van der Waals surface area contributed by atoms with E-state index < -0.39 is 35.7 Å². The third-order valence-corrected chi connectivity index (χ3v) is 3.16. The first-order valence-corrected chi connectivity index (χ1v) is 6.67. The molecule has 0 aliphatic carbocycles. The number of aliphatic carboxylic acids is 1. The number of hydrogen-bond acceptors (Lipinski definition) is 5. The van der Waals surface area contributed by atoms with Crippen molar-refractivity contribution >= 4 is 22.8 Å². The van der Waals surface area contributed by atoms with Crippen LogP contribution in [0.3, 0.4) is 0 Å². The molecule has 0 saturated carbocycles. The van der Waals surface area contributed by atoms with E-state index in [1.807, 2.05) is 0 Å². The Morgan fingerprint density at radius 1 is 1.35 bits per heavy atom. The lowest BCUT2D eigenvalue weighted by atomic mass is 10.2. The average Bonchev–Trinajstić information content (AvgIpc) is 2.51. The number of amides is 1. The molecule has 23 heavy (non-hydrogen) atoms. The lowest BCUT2D eigenvalue weighted by Gasteiger charge is -2.13. The minimum Gasteiger partial charge on any atom is -0.480 e.